The van der Waals surface area contributed by atoms with E-state index in [1.54, 1.807) is 13.3 Å². The first kappa shape index (κ1) is 11.8. The highest BCUT2D eigenvalue weighted by Gasteiger charge is 2.17. The summed E-state index contributed by atoms with van der Waals surface area (Å²) in [6, 6.07) is -0.405. The van der Waals surface area contributed by atoms with E-state index in [1.807, 2.05) is 0 Å². The predicted octanol–water partition coefficient (Wildman–Crippen LogP) is 1.03. The molecular weight excluding hydrogens is 216 g/mol. The van der Waals surface area contributed by atoms with Gasteiger partial charge in [0.1, 0.15) is 18.2 Å². The minimum Gasteiger partial charge on any atom is -0.368 e. The fourth-order valence-corrected chi connectivity index (χ4v) is 2.10. The van der Waals surface area contributed by atoms with Crippen LogP contribution in [0.2, 0.25) is 0 Å². The second-order valence-electron chi connectivity index (χ2n) is 4.48. The number of aryl methyl sites for hydroxylation is 1. The van der Waals surface area contributed by atoms with Crippen LogP contribution in [-0.4, -0.2) is 21.9 Å². The van der Waals surface area contributed by atoms with Crippen molar-refractivity contribution in [2.45, 2.75) is 45.1 Å². The van der Waals surface area contributed by atoms with Crippen LogP contribution in [0.4, 0.5) is 5.82 Å². The largest absolute Gasteiger partial charge is 0.368 e. The summed E-state index contributed by atoms with van der Waals surface area (Å²) < 4.78 is 0. The molecule has 5 heteroatoms. The summed E-state index contributed by atoms with van der Waals surface area (Å²) in [6.45, 7) is 1.74. The number of primary amides is 1. The molecule has 1 aliphatic carbocycles. The fraction of sp³-hybridized carbons (Fsp3) is 0.583. The van der Waals surface area contributed by atoms with Gasteiger partial charge < -0.3 is 11.1 Å². The summed E-state index contributed by atoms with van der Waals surface area (Å²) in [5.74, 6) is 0.397. The number of nitrogens with one attached hydrogen (secondary N) is 1. The molecule has 1 unspecified atom stereocenters. The standard InChI is InChI=1S/C12H18N4O/c1-8(11(13)17)16-12-9-5-3-2-4-6-10(9)14-7-15-12/h7-8H,2-6H2,1H3,(H2,13,17)(H,14,15,16). The molecule has 0 radical (unpaired) electrons. The predicted molar refractivity (Wildman–Crippen MR) is 65.6 cm³/mol. The molecule has 92 valence electrons. The molecule has 0 fully saturated rings. The van der Waals surface area contributed by atoms with Gasteiger partial charge in [-0.1, -0.05) is 6.42 Å². The average Bonchev–Trinajstić information content (AvgIpc) is 2.54. The summed E-state index contributed by atoms with van der Waals surface area (Å²) in [7, 11) is 0. The van der Waals surface area contributed by atoms with Gasteiger partial charge in [0.2, 0.25) is 5.91 Å². The van der Waals surface area contributed by atoms with Crippen molar-refractivity contribution in [3.8, 4) is 0 Å². The maximum atomic E-state index is 11.1. The number of aromatic nitrogens is 2. The van der Waals surface area contributed by atoms with Gasteiger partial charge in [-0.25, -0.2) is 9.97 Å². The Morgan fingerprint density at radius 3 is 2.88 bits per heavy atom. The normalized spacial score (nSPS) is 16.8. The number of carbonyl (C=O) groups excluding carboxylic acids is 1. The molecule has 0 saturated carbocycles. The second kappa shape index (κ2) is 5.12. The van der Waals surface area contributed by atoms with Crippen molar-refractivity contribution in [1.29, 1.82) is 0 Å². The molecule has 0 saturated heterocycles. The summed E-state index contributed by atoms with van der Waals surface area (Å²) in [4.78, 5) is 19.6. The molecule has 0 bridgehead atoms. The summed E-state index contributed by atoms with van der Waals surface area (Å²) in [5, 5.41) is 3.07. The number of nitrogens with zero attached hydrogens (tertiary/aromatic N) is 2. The molecule has 0 spiro atoms. The van der Waals surface area contributed by atoms with Gasteiger partial charge in [-0.3, -0.25) is 4.79 Å². The van der Waals surface area contributed by atoms with Crippen molar-refractivity contribution in [3.63, 3.8) is 0 Å². The lowest BCUT2D eigenvalue weighted by Gasteiger charge is -2.15. The van der Waals surface area contributed by atoms with Crippen LogP contribution in [0, 0.1) is 0 Å². The van der Waals surface area contributed by atoms with Gasteiger partial charge in [0.15, 0.2) is 0 Å². The molecule has 2 rings (SSSR count). The van der Waals surface area contributed by atoms with E-state index in [1.165, 1.54) is 12.8 Å². The summed E-state index contributed by atoms with van der Waals surface area (Å²) >= 11 is 0. The minimum absolute atomic E-state index is 0.369. The fourth-order valence-electron chi connectivity index (χ4n) is 2.10. The molecule has 3 N–H and O–H groups in total. The van der Waals surface area contributed by atoms with Crippen LogP contribution in [0.5, 0.6) is 0 Å². The minimum atomic E-state index is -0.405. The number of nitrogens with two attached hydrogens (primary N) is 1. The maximum absolute atomic E-state index is 11.1. The van der Waals surface area contributed by atoms with E-state index in [9.17, 15) is 4.79 Å². The van der Waals surface area contributed by atoms with Gasteiger partial charge in [-0.05, 0) is 32.6 Å². The van der Waals surface area contributed by atoms with Crippen molar-refractivity contribution in [2.24, 2.45) is 5.73 Å². The van der Waals surface area contributed by atoms with Gasteiger partial charge in [-0.15, -0.1) is 0 Å². The SMILES string of the molecule is CC(Nc1ncnc2c1CCCCC2)C(N)=O. The number of amides is 1. The third kappa shape index (κ3) is 2.72. The quantitative estimate of drug-likeness (QED) is 0.765. The third-order valence-corrected chi connectivity index (χ3v) is 3.15. The number of carbonyl (C=O) groups is 1. The van der Waals surface area contributed by atoms with Crippen molar-refractivity contribution in [3.05, 3.63) is 17.6 Å². The van der Waals surface area contributed by atoms with Gasteiger partial charge in [-0.2, -0.15) is 0 Å². The van der Waals surface area contributed by atoms with E-state index in [0.29, 0.717) is 0 Å². The number of rotatable bonds is 3. The Morgan fingerprint density at radius 2 is 2.12 bits per heavy atom. The van der Waals surface area contributed by atoms with Gasteiger partial charge in [0, 0.05) is 11.3 Å². The van der Waals surface area contributed by atoms with Crippen LogP contribution < -0.4 is 11.1 Å². The molecule has 1 aromatic heterocycles. The number of fused-ring (bicyclic) bond motifs is 1. The van der Waals surface area contributed by atoms with Crippen molar-refractivity contribution < 1.29 is 4.79 Å². The molecule has 1 aliphatic rings. The zero-order valence-corrected chi connectivity index (χ0v) is 10.1. The van der Waals surface area contributed by atoms with E-state index in [-0.39, 0.29) is 5.91 Å². The van der Waals surface area contributed by atoms with Crippen LogP contribution in [-0.2, 0) is 17.6 Å². The highest BCUT2D eigenvalue weighted by atomic mass is 16.1. The Kier molecular flexibility index (Phi) is 3.56. The van der Waals surface area contributed by atoms with Gasteiger partial charge in [0.05, 0.1) is 0 Å². The molecule has 1 aromatic rings. The van der Waals surface area contributed by atoms with Crippen molar-refractivity contribution in [1.82, 2.24) is 9.97 Å². The molecular formula is C12H18N4O. The van der Waals surface area contributed by atoms with Crippen LogP contribution in [0.1, 0.15) is 37.4 Å². The molecule has 1 amide bonds. The monoisotopic (exact) mass is 234 g/mol. The molecule has 17 heavy (non-hydrogen) atoms. The number of hydrogen-bond donors (Lipinski definition) is 2. The van der Waals surface area contributed by atoms with Crippen LogP contribution in [0.3, 0.4) is 0 Å². The maximum Gasteiger partial charge on any atom is 0.239 e. The molecule has 1 atom stereocenters. The first-order chi connectivity index (χ1) is 8.18. The van der Waals surface area contributed by atoms with E-state index in [4.69, 9.17) is 5.73 Å². The van der Waals surface area contributed by atoms with Crippen LogP contribution in [0.15, 0.2) is 6.33 Å². The van der Waals surface area contributed by atoms with E-state index in [0.717, 1.165) is 36.3 Å². The molecule has 5 nitrogen and oxygen atoms in total. The molecule has 0 aliphatic heterocycles. The Hall–Kier alpha value is -1.65. The zero-order valence-electron chi connectivity index (χ0n) is 10.1. The average molecular weight is 234 g/mol. The first-order valence-corrected chi connectivity index (χ1v) is 6.07. The zero-order chi connectivity index (χ0) is 12.3. The Balaban J connectivity index is 2.25. The number of hydrogen-bond acceptors (Lipinski definition) is 4. The summed E-state index contributed by atoms with van der Waals surface area (Å²) in [6.07, 6.45) is 7.08. The Labute approximate surface area is 101 Å². The van der Waals surface area contributed by atoms with Crippen LogP contribution >= 0.6 is 0 Å². The lowest BCUT2D eigenvalue weighted by molar-refractivity contribution is -0.118. The smallest absolute Gasteiger partial charge is 0.239 e. The van der Waals surface area contributed by atoms with E-state index < -0.39 is 6.04 Å². The second-order valence-corrected chi connectivity index (χ2v) is 4.48. The molecule has 1 heterocycles. The van der Waals surface area contributed by atoms with Crippen LogP contribution in [0.25, 0.3) is 0 Å². The van der Waals surface area contributed by atoms with Gasteiger partial charge >= 0.3 is 0 Å². The van der Waals surface area contributed by atoms with Crippen molar-refractivity contribution >= 4 is 11.7 Å². The Bertz CT molecular complexity index is 419. The Morgan fingerprint density at radius 1 is 1.35 bits per heavy atom. The molecule has 0 aromatic carbocycles. The lowest BCUT2D eigenvalue weighted by atomic mass is 10.1. The van der Waals surface area contributed by atoms with Crippen molar-refractivity contribution in [2.75, 3.05) is 5.32 Å². The van der Waals surface area contributed by atoms with Gasteiger partial charge in [0.25, 0.3) is 0 Å². The summed E-state index contributed by atoms with van der Waals surface area (Å²) in [5.41, 5.74) is 7.50. The van der Waals surface area contributed by atoms with E-state index in [2.05, 4.69) is 15.3 Å². The number of anilines is 1. The highest BCUT2D eigenvalue weighted by Crippen LogP contribution is 2.24. The first-order valence-electron chi connectivity index (χ1n) is 6.07. The van der Waals surface area contributed by atoms with E-state index >= 15 is 0 Å². The lowest BCUT2D eigenvalue weighted by Crippen LogP contribution is -2.33. The highest BCUT2D eigenvalue weighted by molar-refractivity contribution is 5.82. The third-order valence-electron chi connectivity index (χ3n) is 3.15. The topological polar surface area (TPSA) is 80.9 Å².